The second-order valence-electron chi connectivity index (χ2n) is 6.87. The Morgan fingerprint density at radius 1 is 1.00 bits per heavy atom. The van der Waals surface area contributed by atoms with Crippen LogP contribution in [0.15, 0.2) is 65.7 Å². The summed E-state index contributed by atoms with van der Waals surface area (Å²) in [6.07, 6.45) is 1.61. The van der Waals surface area contributed by atoms with E-state index in [0.29, 0.717) is 18.8 Å². The van der Waals surface area contributed by atoms with Gasteiger partial charge in [0.2, 0.25) is 10.0 Å². The Morgan fingerprint density at radius 3 is 2.30 bits per heavy atom. The summed E-state index contributed by atoms with van der Waals surface area (Å²) < 4.78 is 33.3. The summed E-state index contributed by atoms with van der Waals surface area (Å²) >= 11 is 0. The van der Waals surface area contributed by atoms with Crippen molar-refractivity contribution in [2.75, 3.05) is 20.2 Å². The van der Waals surface area contributed by atoms with Crippen LogP contribution in [0, 0.1) is 0 Å². The Labute approximate surface area is 192 Å². The van der Waals surface area contributed by atoms with Crippen LogP contribution in [0.5, 0.6) is 5.75 Å². The monoisotopic (exact) mass is 471 g/mol. The molecule has 11 heteroatoms. The minimum Gasteiger partial charge on any atom is -0.497 e. The van der Waals surface area contributed by atoms with Crippen LogP contribution in [0.1, 0.15) is 34.7 Å². The molecule has 0 saturated carbocycles. The van der Waals surface area contributed by atoms with E-state index >= 15 is 0 Å². The number of sulfonamides is 1. The highest BCUT2D eigenvalue weighted by molar-refractivity contribution is 7.89. The molecule has 33 heavy (non-hydrogen) atoms. The molecule has 0 atom stereocenters. The lowest BCUT2D eigenvalue weighted by molar-refractivity contribution is 0.0843. The number of carbonyl (C=O) groups is 2. The van der Waals surface area contributed by atoms with Gasteiger partial charge in [0.15, 0.2) is 5.69 Å². The third-order valence-electron chi connectivity index (χ3n) is 4.89. The maximum atomic E-state index is 12.7. The lowest BCUT2D eigenvalue weighted by atomic mass is 10.2. The first kappa shape index (κ1) is 24.0. The fourth-order valence-electron chi connectivity index (χ4n) is 3.08. The number of benzene rings is 2. The lowest BCUT2D eigenvalue weighted by Crippen LogP contribution is -2.42. The second kappa shape index (κ2) is 10.3. The van der Waals surface area contributed by atoms with Crippen molar-refractivity contribution in [2.24, 2.45) is 0 Å². The number of carbonyl (C=O) groups excluding carboxylic acids is 2. The number of aromatic nitrogens is 2. The molecule has 3 rings (SSSR count). The number of ether oxygens (including phenoxy) is 1. The van der Waals surface area contributed by atoms with Crippen LogP contribution in [-0.4, -0.2) is 54.5 Å². The van der Waals surface area contributed by atoms with E-state index in [4.69, 9.17) is 4.74 Å². The molecule has 1 aromatic heterocycles. The van der Waals surface area contributed by atoms with Gasteiger partial charge in [-0.1, -0.05) is 19.9 Å². The fourth-order valence-corrected chi connectivity index (χ4v) is 4.59. The van der Waals surface area contributed by atoms with Crippen molar-refractivity contribution in [2.45, 2.75) is 18.7 Å². The molecular weight excluding hydrogens is 446 g/mol. The van der Waals surface area contributed by atoms with E-state index in [1.165, 1.54) is 39.3 Å². The highest BCUT2D eigenvalue weighted by Crippen LogP contribution is 2.17. The quantitative estimate of drug-likeness (QED) is 0.485. The first-order chi connectivity index (χ1) is 15.8. The van der Waals surface area contributed by atoms with E-state index in [2.05, 4.69) is 16.0 Å². The van der Waals surface area contributed by atoms with Crippen LogP contribution >= 0.6 is 0 Å². The molecule has 0 radical (unpaired) electrons. The van der Waals surface area contributed by atoms with Crippen molar-refractivity contribution in [1.82, 2.24) is 24.9 Å². The number of hydrogen-bond acceptors (Lipinski definition) is 6. The Morgan fingerprint density at radius 2 is 1.67 bits per heavy atom. The van der Waals surface area contributed by atoms with E-state index in [-0.39, 0.29) is 16.2 Å². The minimum atomic E-state index is -3.71. The molecule has 2 N–H and O–H groups in total. The van der Waals surface area contributed by atoms with E-state index in [0.717, 1.165) is 5.69 Å². The van der Waals surface area contributed by atoms with Gasteiger partial charge in [-0.15, -0.1) is 0 Å². The van der Waals surface area contributed by atoms with Gasteiger partial charge >= 0.3 is 0 Å². The number of hydrogen-bond donors (Lipinski definition) is 2. The summed E-state index contributed by atoms with van der Waals surface area (Å²) in [5, 5.41) is 4.20. The maximum absolute atomic E-state index is 12.7. The van der Waals surface area contributed by atoms with Crippen molar-refractivity contribution in [3.05, 3.63) is 72.1 Å². The Hall–Kier alpha value is -3.70. The van der Waals surface area contributed by atoms with Crippen LogP contribution in [0.4, 0.5) is 0 Å². The van der Waals surface area contributed by atoms with Crippen LogP contribution < -0.4 is 15.6 Å². The van der Waals surface area contributed by atoms with Gasteiger partial charge in [-0.3, -0.25) is 20.4 Å². The number of amides is 2. The largest absolute Gasteiger partial charge is 0.497 e. The lowest BCUT2D eigenvalue weighted by Gasteiger charge is -2.18. The maximum Gasteiger partial charge on any atom is 0.290 e. The van der Waals surface area contributed by atoms with Crippen molar-refractivity contribution in [1.29, 1.82) is 0 Å². The van der Waals surface area contributed by atoms with Crippen LogP contribution in [0.2, 0.25) is 0 Å². The zero-order chi connectivity index (χ0) is 24.0. The van der Waals surface area contributed by atoms with E-state index in [1.54, 1.807) is 51.4 Å². The molecule has 0 fully saturated rings. The van der Waals surface area contributed by atoms with Gasteiger partial charge < -0.3 is 4.74 Å². The predicted octanol–water partition coefficient (Wildman–Crippen LogP) is 1.99. The Kier molecular flexibility index (Phi) is 7.46. The second-order valence-corrected chi connectivity index (χ2v) is 8.81. The van der Waals surface area contributed by atoms with Crippen molar-refractivity contribution >= 4 is 21.8 Å². The fraction of sp³-hybridized carbons (Fsp3) is 0.227. The molecule has 0 aliphatic rings. The summed E-state index contributed by atoms with van der Waals surface area (Å²) in [5.41, 5.74) is 5.48. The highest BCUT2D eigenvalue weighted by atomic mass is 32.2. The van der Waals surface area contributed by atoms with Gasteiger partial charge in [0.25, 0.3) is 11.8 Å². The summed E-state index contributed by atoms with van der Waals surface area (Å²) in [5.74, 6) is -0.586. The Balaban J connectivity index is 1.66. The first-order valence-electron chi connectivity index (χ1n) is 10.2. The molecule has 0 aliphatic heterocycles. The highest BCUT2D eigenvalue weighted by Gasteiger charge is 2.22. The number of nitrogens with one attached hydrogen (secondary N) is 2. The predicted molar refractivity (Wildman–Crippen MR) is 122 cm³/mol. The number of hydrazine groups is 1. The van der Waals surface area contributed by atoms with E-state index < -0.39 is 21.8 Å². The normalized spacial score (nSPS) is 11.3. The minimum absolute atomic E-state index is 0.00316. The molecule has 3 aromatic rings. The average Bonchev–Trinajstić information content (AvgIpc) is 3.33. The number of methoxy groups -OCH3 is 1. The Bertz CT molecular complexity index is 1230. The smallest absolute Gasteiger partial charge is 0.290 e. The third-order valence-corrected chi connectivity index (χ3v) is 6.93. The van der Waals surface area contributed by atoms with Crippen molar-refractivity contribution in [3.63, 3.8) is 0 Å². The summed E-state index contributed by atoms with van der Waals surface area (Å²) in [7, 11) is -2.14. The standard InChI is InChI=1S/C22H25N5O5S/c1-4-26(5-2)33(30,31)19-8-6-7-16(15-19)21(28)23-24-22(29)20-13-14-27(25-20)17-9-11-18(32-3)12-10-17/h6-15H,4-5H2,1-3H3,(H,23,28)(H,24,29). The zero-order valence-electron chi connectivity index (χ0n) is 18.5. The topological polar surface area (TPSA) is 123 Å². The van der Waals surface area contributed by atoms with Crippen LogP contribution in [0.25, 0.3) is 5.69 Å². The van der Waals surface area contributed by atoms with E-state index in [9.17, 15) is 18.0 Å². The van der Waals surface area contributed by atoms with Gasteiger partial charge in [-0.25, -0.2) is 13.1 Å². The van der Waals surface area contributed by atoms with Crippen molar-refractivity contribution < 1.29 is 22.7 Å². The molecule has 1 heterocycles. The molecule has 0 unspecified atom stereocenters. The zero-order valence-corrected chi connectivity index (χ0v) is 19.3. The van der Waals surface area contributed by atoms with Crippen molar-refractivity contribution in [3.8, 4) is 11.4 Å². The molecule has 174 valence electrons. The average molecular weight is 472 g/mol. The van der Waals surface area contributed by atoms with Gasteiger partial charge in [0, 0.05) is 24.8 Å². The molecule has 0 spiro atoms. The molecule has 10 nitrogen and oxygen atoms in total. The van der Waals surface area contributed by atoms with Gasteiger partial charge in [-0.05, 0) is 48.5 Å². The van der Waals surface area contributed by atoms with Crippen LogP contribution in [0.3, 0.4) is 0 Å². The van der Waals surface area contributed by atoms with Crippen LogP contribution in [-0.2, 0) is 10.0 Å². The summed E-state index contributed by atoms with van der Waals surface area (Å²) in [6.45, 7) is 4.11. The van der Waals surface area contributed by atoms with E-state index in [1.807, 2.05) is 0 Å². The van der Waals surface area contributed by atoms with Gasteiger partial charge in [0.05, 0.1) is 17.7 Å². The summed E-state index contributed by atoms with van der Waals surface area (Å²) in [6, 6.07) is 14.2. The third kappa shape index (κ3) is 5.38. The van der Waals surface area contributed by atoms with Gasteiger partial charge in [-0.2, -0.15) is 9.40 Å². The number of rotatable bonds is 8. The number of nitrogens with zero attached hydrogens (tertiary/aromatic N) is 3. The molecular formula is C22H25N5O5S. The first-order valence-corrected chi connectivity index (χ1v) is 11.6. The molecule has 0 bridgehead atoms. The molecule has 0 saturated heterocycles. The molecule has 0 aliphatic carbocycles. The molecule has 2 amide bonds. The van der Waals surface area contributed by atoms with Gasteiger partial charge in [0.1, 0.15) is 5.75 Å². The summed E-state index contributed by atoms with van der Waals surface area (Å²) in [4.78, 5) is 24.9. The molecule has 2 aromatic carbocycles. The SMILES string of the molecule is CCN(CC)S(=O)(=O)c1cccc(C(=O)NNC(=O)c2ccn(-c3ccc(OC)cc3)n2)c1.